The summed E-state index contributed by atoms with van der Waals surface area (Å²) >= 11 is 5.28. The van der Waals surface area contributed by atoms with Crippen molar-refractivity contribution in [3.8, 4) is 0 Å². The first-order valence-electron chi connectivity index (χ1n) is 4.59. The van der Waals surface area contributed by atoms with Crippen LogP contribution in [0.25, 0.3) is 0 Å². The molecule has 0 N–H and O–H groups in total. The molecule has 3 heteroatoms. The van der Waals surface area contributed by atoms with Gasteiger partial charge in [-0.2, -0.15) is 0 Å². The monoisotopic (exact) mass is 188 g/mol. The standard InChI is InChI=1S/C9H20N2S/c1-5-7-10(3)9(12)11(4)8-6-2/h5-8H2,1-4H3. The first-order valence-corrected chi connectivity index (χ1v) is 5.00. The molecule has 0 unspecified atom stereocenters. The van der Waals surface area contributed by atoms with Crippen LogP contribution in [0.3, 0.4) is 0 Å². The summed E-state index contributed by atoms with van der Waals surface area (Å²) < 4.78 is 0. The van der Waals surface area contributed by atoms with Crippen molar-refractivity contribution in [1.82, 2.24) is 9.80 Å². The summed E-state index contributed by atoms with van der Waals surface area (Å²) in [5.41, 5.74) is 0. The van der Waals surface area contributed by atoms with Crippen LogP contribution in [0.15, 0.2) is 0 Å². The molecular weight excluding hydrogens is 168 g/mol. The van der Waals surface area contributed by atoms with Crippen LogP contribution in [0.5, 0.6) is 0 Å². The van der Waals surface area contributed by atoms with Gasteiger partial charge in [0, 0.05) is 27.2 Å². The fourth-order valence-electron chi connectivity index (χ4n) is 1.15. The Labute approximate surface area is 81.5 Å². The minimum absolute atomic E-state index is 0.957. The molecule has 0 atom stereocenters. The maximum atomic E-state index is 5.28. The zero-order valence-electron chi connectivity index (χ0n) is 8.63. The zero-order chi connectivity index (χ0) is 9.56. The molecule has 12 heavy (non-hydrogen) atoms. The normalized spacial score (nSPS) is 9.67. The van der Waals surface area contributed by atoms with Crippen LogP contribution in [0.1, 0.15) is 26.7 Å². The molecule has 0 aliphatic carbocycles. The highest BCUT2D eigenvalue weighted by Crippen LogP contribution is 1.96. The van der Waals surface area contributed by atoms with E-state index in [-0.39, 0.29) is 0 Å². The first-order chi connectivity index (χ1) is 5.63. The van der Waals surface area contributed by atoms with Crippen LogP contribution in [0.2, 0.25) is 0 Å². The average Bonchev–Trinajstić information content (AvgIpc) is 2.04. The van der Waals surface area contributed by atoms with E-state index in [0.717, 1.165) is 31.0 Å². The Kier molecular flexibility index (Phi) is 6.07. The molecule has 2 nitrogen and oxygen atoms in total. The predicted octanol–water partition coefficient (Wildman–Crippen LogP) is 1.95. The van der Waals surface area contributed by atoms with Gasteiger partial charge in [0.25, 0.3) is 0 Å². The van der Waals surface area contributed by atoms with Crippen LogP contribution in [-0.4, -0.2) is 42.1 Å². The summed E-state index contributed by atoms with van der Waals surface area (Å²) in [5.74, 6) is 0. The molecule has 0 amide bonds. The van der Waals surface area contributed by atoms with Crippen LogP contribution in [0.4, 0.5) is 0 Å². The molecule has 0 aliphatic rings. The molecule has 0 bridgehead atoms. The Morgan fingerprint density at radius 3 is 1.58 bits per heavy atom. The lowest BCUT2D eigenvalue weighted by Crippen LogP contribution is -2.39. The van der Waals surface area contributed by atoms with Gasteiger partial charge in [-0.1, -0.05) is 13.8 Å². The highest BCUT2D eigenvalue weighted by atomic mass is 32.1. The van der Waals surface area contributed by atoms with E-state index in [1.54, 1.807) is 0 Å². The van der Waals surface area contributed by atoms with Gasteiger partial charge in [-0.15, -0.1) is 0 Å². The molecule has 0 heterocycles. The van der Waals surface area contributed by atoms with Crippen molar-refractivity contribution < 1.29 is 0 Å². The van der Waals surface area contributed by atoms with E-state index in [1.165, 1.54) is 0 Å². The molecule has 0 aromatic heterocycles. The van der Waals surface area contributed by atoms with Crippen molar-refractivity contribution in [2.45, 2.75) is 26.7 Å². The largest absolute Gasteiger partial charge is 0.352 e. The Morgan fingerprint density at radius 1 is 1.00 bits per heavy atom. The summed E-state index contributed by atoms with van der Waals surface area (Å²) in [6.45, 7) is 6.43. The quantitative estimate of drug-likeness (QED) is 0.623. The molecule has 0 radical (unpaired) electrons. The molecule has 0 saturated heterocycles. The topological polar surface area (TPSA) is 6.48 Å². The van der Waals surface area contributed by atoms with E-state index in [9.17, 15) is 0 Å². The third kappa shape index (κ3) is 3.90. The Hall–Kier alpha value is -0.310. The van der Waals surface area contributed by atoms with E-state index in [2.05, 4.69) is 37.7 Å². The first kappa shape index (κ1) is 11.7. The Bertz CT molecular complexity index is 122. The van der Waals surface area contributed by atoms with Crippen LogP contribution < -0.4 is 0 Å². The minimum atomic E-state index is 0.957. The zero-order valence-corrected chi connectivity index (χ0v) is 9.45. The van der Waals surface area contributed by atoms with Crippen molar-refractivity contribution in [1.29, 1.82) is 0 Å². The van der Waals surface area contributed by atoms with Crippen molar-refractivity contribution in [3.63, 3.8) is 0 Å². The van der Waals surface area contributed by atoms with E-state index < -0.39 is 0 Å². The van der Waals surface area contributed by atoms with Gasteiger partial charge in [0.15, 0.2) is 5.11 Å². The molecule has 0 spiro atoms. The van der Waals surface area contributed by atoms with Crippen LogP contribution >= 0.6 is 12.2 Å². The molecule has 72 valence electrons. The molecule has 0 fully saturated rings. The van der Waals surface area contributed by atoms with E-state index in [4.69, 9.17) is 12.2 Å². The second kappa shape index (κ2) is 6.23. The molecule has 0 rings (SSSR count). The highest BCUT2D eigenvalue weighted by Gasteiger charge is 2.06. The molecule has 0 saturated carbocycles. The predicted molar refractivity (Wildman–Crippen MR) is 58.4 cm³/mol. The van der Waals surface area contributed by atoms with Crippen LogP contribution in [0, 0.1) is 0 Å². The lowest BCUT2D eigenvalue weighted by atomic mass is 10.4. The average molecular weight is 188 g/mol. The summed E-state index contributed by atoms with van der Waals surface area (Å²) in [5, 5.41) is 0.957. The van der Waals surface area contributed by atoms with Gasteiger partial charge in [0.05, 0.1) is 0 Å². The van der Waals surface area contributed by atoms with Gasteiger partial charge < -0.3 is 9.80 Å². The van der Waals surface area contributed by atoms with Crippen molar-refractivity contribution >= 4 is 17.3 Å². The summed E-state index contributed by atoms with van der Waals surface area (Å²) in [6, 6.07) is 0. The highest BCUT2D eigenvalue weighted by molar-refractivity contribution is 7.80. The van der Waals surface area contributed by atoms with Crippen LogP contribution in [-0.2, 0) is 0 Å². The smallest absolute Gasteiger partial charge is 0.171 e. The molecule has 0 aromatic carbocycles. The second-order valence-electron chi connectivity index (χ2n) is 3.13. The van der Waals surface area contributed by atoms with Gasteiger partial charge in [-0.3, -0.25) is 0 Å². The molecular formula is C9H20N2S. The van der Waals surface area contributed by atoms with E-state index in [1.807, 2.05) is 0 Å². The van der Waals surface area contributed by atoms with Gasteiger partial charge in [0.2, 0.25) is 0 Å². The SMILES string of the molecule is CCCN(C)C(=S)N(C)CCC. The fourth-order valence-corrected chi connectivity index (χ4v) is 1.34. The lowest BCUT2D eigenvalue weighted by Gasteiger charge is -2.27. The Morgan fingerprint density at radius 2 is 1.33 bits per heavy atom. The van der Waals surface area contributed by atoms with Crippen molar-refractivity contribution in [2.24, 2.45) is 0 Å². The third-order valence-corrected chi connectivity index (χ3v) is 2.39. The number of hydrogen-bond acceptors (Lipinski definition) is 1. The number of nitrogens with zero attached hydrogens (tertiary/aromatic N) is 2. The van der Waals surface area contributed by atoms with E-state index in [0.29, 0.717) is 0 Å². The van der Waals surface area contributed by atoms with Gasteiger partial charge in [-0.05, 0) is 25.1 Å². The maximum Gasteiger partial charge on any atom is 0.171 e. The van der Waals surface area contributed by atoms with E-state index >= 15 is 0 Å². The lowest BCUT2D eigenvalue weighted by molar-refractivity contribution is 0.400. The second-order valence-corrected chi connectivity index (χ2v) is 3.49. The number of rotatable bonds is 4. The summed E-state index contributed by atoms with van der Waals surface area (Å²) in [6.07, 6.45) is 2.30. The van der Waals surface area contributed by atoms with Crippen molar-refractivity contribution in [3.05, 3.63) is 0 Å². The van der Waals surface area contributed by atoms with Gasteiger partial charge >= 0.3 is 0 Å². The third-order valence-electron chi connectivity index (χ3n) is 1.77. The maximum absolute atomic E-state index is 5.28. The van der Waals surface area contributed by atoms with Gasteiger partial charge in [0.1, 0.15) is 0 Å². The molecule has 0 aliphatic heterocycles. The Balaban J connectivity index is 3.82. The van der Waals surface area contributed by atoms with Gasteiger partial charge in [-0.25, -0.2) is 0 Å². The minimum Gasteiger partial charge on any atom is -0.352 e. The molecule has 0 aromatic rings. The number of thiocarbonyl (C=S) groups is 1. The van der Waals surface area contributed by atoms with Crippen molar-refractivity contribution in [2.75, 3.05) is 27.2 Å². The summed E-state index contributed by atoms with van der Waals surface area (Å²) in [7, 11) is 4.11. The summed E-state index contributed by atoms with van der Waals surface area (Å²) in [4.78, 5) is 4.26. The fraction of sp³-hybridized carbons (Fsp3) is 0.889. The number of hydrogen-bond donors (Lipinski definition) is 0.